The number of benzene rings is 1. The van der Waals surface area contributed by atoms with Crippen LogP contribution in [0.2, 0.25) is 0 Å². The summed E-state index contributed by atoms with van der Waals surface area (Å²) in [6, 6.07) is 10.2. The van der Waals surface area contributed by atoms with Gasteiger partial charge in [0.25, 0.3) is 0 Å². The topological polar surface area (TPSA) is 38.9 Å². The van der Waals surface area contributed by atoms with Gasteiger partial charge < -0.3 is 9.47 Å². The SMILES string of the molecule is CN(C)C1(Cn2cncc2-c2cnn(-c3ccccc3)c2)CCCC1. The van der Waals surface area contributed by atoms with Crippen LogP contribution in [0.5, 0.6) is 0 Å². The summed E-state index contributed by atoms with van der Waals surface area (Å²) in [5, 5.41) is 4.53. The van der Waals surface area contributed by atoms with Gasteiger partial charge in [-0.3, -0.25) is 0 Å². The largest absolute Gasteiger partial charge is 0.329 e. The summed E-state index contributed by atoms with van der Waals surface area (Å²) < 4.78 is 4.21. The minimum absolute atomic E-state index is 0.241. The quantitative estimate of drug-likeness (QED) is 0.715. The molecule has 0 N–H and O–H groups in total. The van der Waals surface area contributed by atoms with E-state index in [2.05, 4.69) is 52.0 Å². The maximum atomic E-state index is 4.53. The van der Waals surface area contributed by atoms with Crippen molar-refractivity contribution in [3.63, 3.8) is 0 Å². The monoisotopic (exact) mass is 335 g/mol. The Hall–Kier alpha value is -2.40. The van der Waals surface area contributed by atoms with E-state index in [-0.39, 0.29) is 5.54 Å². The van der Waals surface area contributed by atoms with E-state index >= 15 is 0 Å². The Balaban J connectivity index is 1.63. The zero-order valence-corrected chi connectivity index (χ0v) is 15.0. The van der Waals surface area contributed by atoms with Crippen LogP contribution in [0.15, 0.2) is 55.2 Å². The van der Waals surface area contributed by atoms with Crippen LogP contribution in [0.4, 0.5) is 0 Å². The Morgan fingerprint density at radius 3 is 2.56 bits per heavy atom. The Kier molecular flexibility index (Phi) is 4.17. The average molecular weight is 335 g/mol. The van der Waals surface area contributed by atoms with E-state index in [1.54, 1.807) is 0 Å². The van der Waals surface area contributed by atoms with Gasteiger partial charge in [0.2, 0.25) is 0 Å². The zero-order valence-electron chi connectivity index (χ0n) is 15.0. The number of nitrogens with zero attached hydrogens (tertiary/aromatic N) is 5. The predicted octanol–water partition coefficient (Wildman–Crippen LogP) is 3.61. The van der Waals surface area contributed by atoms with E-state index in [4.69, 9.17) is 0 Å². The molecule has 0 saturated heterocycles. The first-order chi connectivity index (χ1) is 12.2. The first-order valence-electron chi connectivity index (χ1n) is 8.96. The van der Waals surface area contributed by atoms with E-state index in [0.29, 0.717) is 0 Å². The first kappa shape index (κ1) is 16.1. The lowest BCUT2D eigenvalue weighted by Crippen LogP contribution is -2.45. The summed E-state index contributed by atoms with van der Waals surface area (Å²) in [7, 11) is 4.41. The molecule has 5 nitrogen and oxygen atoms in total. The smallest absolute Gasteiger partial charge is 0.0951 e. The van der Waals surface area contributed by atoms with Crippen molar-refractivity contribution in [1.82, 2.24) is 24.2 Å². The van der Waals surface area contributed by atoms with Crippen molar-refractivity contribution in [2.75, 3.05) is 14.1 Å². The molecule has 1 aliphatic carbocycles. The molecule has 0 radical (unpaired) electrons. The molecule has 2 aromatic heterocycles. The molecular weight excluding hydrogens is 310 g/mol. The third-order valence-corrected chi connectivity index (χ3v) is 5.56. The molecule has 1 aliphatic rings. The van der Waals surface area contributed by atoms with Gasteiger partial charge in [-0.25, -0.2) is 9.67 Å². The molecule has 0 atom stereocenters. The fraction of sp³-hybridized carbons (Fsp3) is 0.400. The van der Waals surface area contributed by atoms with Crippen molar-refractivity contribution >= 4 is 0 Å². The molecule has 0 unspecified atom stereocenters. The van der Waals surface area contributed by atoms with E-state index in [9.17, 15) is 0 Å². The van der Waals surface area contributed by atoms with Gasteiger partial charge in [-0.05, 0) is 39.1 Å². The highest BCUT2D eigenvalue weighted by atomic mass is 15.3. The summed E-state index contributed by atoms with van der Waals surface area (Å²) >= 11 is 0. The molecular formula is C20H25N5. The van der Waals surface area contributed by atoms with Gasteiger partial charge in [-0.1, -0.05) is 31.0 Å². The van der Waals surface area contributed by atoms with Crippen LogP contribution in [0.3, 0.4) is 0 Å². The standard InChI is InChI=1S/C20H25N5/c1-23(2)20(10-6-7-11-20)15-24-16-21-13-19(24)17-12-22-25(14-17)18-8-4-3-5-9-18/h3-5,8-9,12-14,16H,6-7,10-11,15H2,1-2H3. The summed E-state index contributed by atoms with van der Waals surface area (Å²) in [4.78, 5) is 6.82. The molecule has 0 amide bonds. The fourth-order valence-corrected chi connectivity index (χ4v) is 3.96. The maximum Gasteiger partial charge on any atom is 0.0951 e. The molecule has 25 heavy (non-hydrogen) atoms. The van der Waals surface area contributed by atoms with Gasteiger partial charge in [0.1, 0.15) is 0 Å². The number of aromatic nitrogens is 4. The fourth-order valence-electron chi connectivity index (χ4n) is 3.96. The van der Waals surface area contributed by atoms with Crippen LogP contribution in [0.1, 0.15) is 25.7 Å². The third-order valence-electron chi connectivity index (χ3n) is 5.56. The van der Waals surface area contributed by atoms with Crippen LogP contribution in [-0.2, 0) is 6.54 Å². The number of para-hydroxylation sites is 1. The van der Waals surface area contributed by atoms with E-state index in [1.807, 2.05) is 41.6 Å². The van der Waals surface area contributed by atoms with Crippen LogP contribution >= 0.6 is 0 Å². The lowest BCUT2D eigenvalue weighted by Gasteiger charge is -2.37. The molecule has 5 heteroatoms. The Morgan fingerprint density at radius 1 is 1.08 bits per heavy atom. The van der Waals surface area contributed by atoms with Gasteiger partial charge in [0.05, 0.1) is 30.1 Å². The highest BCUT2D eigenvalue weighted by Gasteiger charge is 2.36. The van der Waals surface area contributed by atoms with Gasteiger partial charge in [-0.15, -0.1) is 0 Å². The van der Waals surface area contributed by atoms with Crippen LogP contribution in [-0.4, -0.2) is 43.9 Å². The van der Waals surface area contributed by atoms with E-state index in [0.717, 1.165) is 23.5 Å². The van der Waals surface area contributed by atoms with Crippen molar-refractivity contribution < 1.29 is 0 Å². The van der Waals surface area contributed by atoms with E-state index < -0.39 is 0 Å². The van der Waals surface area contributed by atoms with Crippen molar-refractivity contribution in [1.29, 1.82) is 0 Å². The Labute approximate surface area is 148 Å². The molecule has 3 aromatic rings. The summed E-state index contributed by atoms with van der Waals surface area (Å²) in [5.74, 6) is 0. The highest BCUT2D eigenvalue weighted by molar-refractivity contribution is 5.57. The normalized spacial score (nSPS) is 16.6. The number of hydrogen-bond donors (Lipinski definition) is 0. The van der Waals surface area contributed by atoms with Gasteiger partial charge in [-0.2, -0.15) is 5.10 Å². The number of hydrogen-bond acceptors (Lipinski definition) is 3. The van der Waals surface area contributed by atoms with Crippen LogP contribution in [0, 0.1) is 0 Å². The second kappa shape index (κ2) is 6.48. The molecule has 4 rings (SSSR count). The van der Waals surface area contributed by atoms with Crippen molar-refractivity contribution in [2.24, 2.45) is 0 Å². The summed E-state index contributed by atoms with van der Waals surface area (Å²) in [6.07, 6.45) is 13.0. The molecule has 0 bridgehead atoms. The minimum Gasteiger partial charge on any atom is -0.329 e. The lowest BCUT2D eigenvalue weighted by atomic mass is 9.95. The van der Waals surface area contributed by atoms with Gasteiger partial charge in [0.15, 0.2) is 0 Å². The van der Waals surface area contributed by atoms with Gasteiger partial charge >= 0.3 is 0 Å². The average Bonchev–Trinajstić information content (AvgIpc) is 3.36. The summed E-state index contributed by atoms with van der Waals surface area (Å²) in [6.45, 7) is 0.978. The number of rotatable bonds is 5. The molecule has 1 saturated carbocycles. The predicted molar refractivity (Wildman–Crippen MR) is 99.7 cm³/mol. The second-order valence-electron chi connectivity index (χ2n) is 7.24. The van der Waals surface area contributed by atoms with Crippen molar-refractivity contribution in [3.8, 4) is 16.9 Å². The number of likely N-dealkylation sites (N-methyl/N-ethyl adjacent to an activating group) is 1. The molecule has 0 spiro atoms. The lowest BCUT2D eigenvalue weighted by molar-refractivity contribution is 0.134. The molecule has 2 heterocycles. The zero-order chi connectivity index (χ0) is 17.3. The highest BCUT2D eigenvalue weighted by Crippen LogP contribution is 2.36. The first-order valence-corrected chi connectivity index (χ1v) is 8.96. The molecule has 0 aliphatic heterocycles. The Bertz CT molecular complexity index is 825. The Morgan fingerprint density at radius 2 is 1.84 bits per heavy atom. The maximum absolute atomic E-state index is 4.53. The molecule has 1 fully saturated rings. The van der Waals surface area contributed by atoms with E-state index in [1.165, 1.54) is 25.7 Å². The van der Waals surface area contributed by atoms with Crippen molar-refractivity contribution in [2.45, 2.75) is 37.8 Å². The second-order valence-corrected chi connectivity index (χ2v) is 7.24. The van der Waals surface area contributed by atoms with Crippen LogP contribution in [0.25, 0.3) is 16.9 Å². The van der Waals surface area contributed by atoms with Crippen LogP contribution < -0.4 is 0 Å². The van der Waals surface area contributed by atoms with Gasteiger partial charge in [0, 0.05) is 23.8 Å². The number of imidazole rings is 1. The van der Waals surface area contributed by atoms with Crippen molar-refractivity contribution in [3.05, 3.63) is 55.2 Å². The molecule has 1 aromatic carbocycles. The summed E-state index contributed by atoms with van der Waals surface area (Å²) in [5.41, 5.74) is 3.55. The minimum atomic E-state index is 0.241. The molecule has 130 valence electrons. The third kappa shape index (κ3) is 3.00.